The summed E-state index contributed by atoms with van der Waals surface area (Å²) < 4.78 is 0. The van der Waals surface area contributed by atoms with Gasteiger partial charge in [0, 0.05) is 17.2 Å². The summed E-state index contributed by atoms with van der Waals surface area (Å²) in [5.41, 5.74) is 5.75. The Balaban J connectivity index is 2.11. The zero-order valence-corrected chi connectivity index (χ0v) is 10.9. The molecule has 1 aromatic carbocycles. The van der Waals surface area contributed by atoms with E-state index in [0.29, 0.717) is 5.92 Å². The van der Waals surface area contributed by atoms with Crippen molar-refractivity contribution in [3.05, 3.63) is 69.4 Å². The van der Waals surface area contributed by atoms with Crippen LogP contribution in [0, 0.1) is 6.92 Å². The number of aryl methyl sites for hydroxylation is 1. The van der Waals surface area contributed by atoms with Crippen LogP contribution >= 0.6 is 11.3 Å². The van der Waals surface area contributed by atoms with Gasteiger partial charge in [-0.3, -0.25) is 0 Å². The van der Waals surface area contributed by atoms with Crippen LogP contribution < -0.4 is 0 Å². The first-order valence-electron chi connectivity index (χ1n) is 6.04. The standard InChI is InChI=1S/C16H16S/c1-11-9-15(13-6-4-3-5-12(13)2)14-7-8-17-16(14)10-11/h3-8,15H,1,9-10H2,2H3. The Morgan fingerprint density at radius 2 is 2.00 bits per heavy atom. The largest absolute Gasteiger partial charge is 0.148 e. The Bertz CT molecular complexity index is 562. The predicted octanol–water partition coefficient (Wildman–Crippen LogP) is 4.69. The minimum absolute atomic E-state index is 0.527. The van der Waals surface area contributed by atoms with Gasteiger partial charge in [0.05, 0.1) is 0 Å². The van der Waals surface area contributed by atoms with E-state index in [-0.39, 0.29) is 0 Å². The average molecular weight is 240 g/mol. The molecule has 1 aromatic heterocycles. The molecule has 3 rings (SSSR count). The van der Waals surface area contributed by atoms with Gasteiger partial charge in [-0.2, -0.15) is 0 Å². The average Bonchev–Trinajstić information content (AvgIpc) is 2.76. The van der Waals surface area contributed by atoms with Gasteiger partial charge < -0.3 is 0 Å². The number of hydrogen-bond donors (Lipinski definition) is 0. The van der Waals surface area contributed by atoms with Crippen molar-refractivity contribution in [2.75, 3.05) is 0 Å². The molecule has 1 aliphatic carbocycles. The van der Waals surface area contributed by atoms with Gasteiger partial charge in [0.2, 0.25) is 0 Å². The van der Waals surface area contributed by atoms with Crippen molar-refractivity contribution in [1.29, 1.82) is 0 Å². The van der Waals surface area contributed by atoms with E-state index in [1.54, 1.807) is 0 Å². The molecular weight excluding hydrogens is 224 g/mol. The number of allylic oxidation sites excluding steroid dienone is 1. The number of fused-ring (bicyclic) bond motifs is 1. The lowest BCUT2D eigenvalue weighted by atomic mass is 9.79. The molecule has 86 valence electrons. The van der Waals surface area contributed by atoms with Gasteiger partial charge >= 0.3 is 0 Å². The fraction of sp³-hybridized carbons (Fsp3) is 0.250. The lowest BCUT2D eigenvalue weighted by Gasteiger charge is -2.26. The second kappa shape index (κ2) is 4.15. The van der Waals surface area contributed by atoms with Crippen molar-refractivity contribution in [3.63, 3.8) is 0 Å². The highest BCUT2D eigenvalue weighted by atomic mass is 32.1. The second-order valence-corrected chi connectivity index (χ2v) is 5.84. The third-order valence-electron chi connectivity index (χ3n) is 3.62. The number of hydrogen-bond acceptors (Lipinski definition) is 1. The normalized spacial score (nSPS) is 19.1. The van der Waals surface area contributed by atoms with Crippen molar-refractivity contribution >= 4 is 11.3 Å². The molecule has 0 bridgehead atoms. The van der Waals surface area contributed by atoms with Gasteiger partial charge in [0.1, 0.15) is 0 Å². The zero-order valence-electron chi connectivity index (χ0n) is 10.1. The molecule has 0 aliphatic heterocycles. The number of thiophene rings is 1. The van der Waals surface area contributed by atoms with Crippen molar-refractivity contribution in [1.82, 2.24) is 0 Å². The fourth-order valence-electron chi connectivity index (χ4n) is 2.76. The number of benzene rings is 1. The van der Waals surface area contributed by atoms with E-state index in [1.165, 1.54) is 27.1 Å². The van der Waals surface area contributed by atoms with E-state index in [4.69, 9.17) is 0 Å². The maximum Gasteiger partial charge on any atom is 0.0140 e. The number of rotatable bonds is 1. The molecule has 0 saturated heterocycles. The molecule has 0 N–H and O–H groups in total. The minimum atomic E-state index is 0.527. The van der Waals surface area contributed by atoms with E-state index in [9.17, 15) is 0 Å². The van der Waals surface area contributed by atoms with Gasteiger partial charge in [-0.1, -0.05) is 36.4 Å². The lowest BCUT2D eigenvalue weighted by molar-refractivity contribution is 0.739. The van der Waals surface area contributed by atoms with Crippen LogP contribution in [0.3, 0.4) is 0 Å². The van der Waals surface area contributed by atoms with Crippen LogP contribution in [-0.4, -0.2) is 0 Å². The molecule has 1 heterocycles. The molecule has 1 heteroatoms. The summed E-state index contributed by atoms with van der Waals surface area (Å²) in [7, 11) is 0. The highest BCUT2D eigenvalue weighted by molar-refractivity contribution is 7.10. The van der Waals surface area contributed by atoms with Crippen molar-refractivity contribution in [3.8, 4) is 0 Å². The summed E-state index contributed by atoms with van der Waals surface area (Å²) in [6.07, 6.45) is 2.18. The maximum absolute atomic E-state index is 4.20. The summed E-state index contributed by atoms with van der Waals surface area (Å²) in [5.74, 6) is 0.527. The van der Waals surface area contributed by atoms with Gasteiger partial charge in [-0.25, -0.2) is 0 Å². The summed E-state index contributed by atoms with van der Waals surface area (Å²) in [4.78, 5) is 1.51. The monoisotopic (exact) mass is 240 g/mol. The van der Waals surface area contributed by atoms with E-state index in [1.807, 2.05) is 11.3 Å². The van der Waals surface area contributed by atoms with Gasteiger partial charge in [0.25, 0.3) is 0 Å². The fourth-order valence-corrected chi connectivity index (χ4v) is 3.77. The molecule has 0 radical (unpaired) electrons. The van der Waals surface area contributed by atoms with Crippen LogP contribution in [0.4, 0.5) is 0 Å². The third-order valence-corrected chi connectivity index (χ3v) is 4.56. The van der Waals surface area contributed by atoms with Crippen LogP contribution in [0.2, 0.25) is 0 Å². The highest BCUT2D eigenvalue weighted by Gasteiger charge is 2.25. The Labute approximate surface area is 107 Å². The van der Waals surface area contributed by atoms with Crippen molar-refractivity contribution in [2.45, 2.75) is 25.7 Å². The Morgan fingerprint density at radius 1 is 1.18 bits per heavy atom. The smallest absolute Gasteiger partial charge is 0.0140 e. The molecule has 0 spiro atoms. The van der Waals surface area contributed by atoms with Crippen LogP contribution in [0.25, 0.3) is 0 Å². The Morgan fingerprint density at radius 3 is 2.82 bits per heavy atom. The lowest BCUT2D eigenvalue weighted by Crippen LogP contribution is -2.11. The zero-order chi connectivity index (χ0) is 11.8. The molecule has 1 atom stereocenters. The molecule has 0 fully saturated rings. The summed E-state index contributed by atoms with van der Waals surface area (Å²) in [5, 5.41) is 2.22. The minimum Gasteiger partial charge on any atom is -0.148 e. The van der Waals surface area contributed by atoms with Gasteiger partial charge in [-0.15, -0.1) is 11.3 Å². The molecule has 1 unspecified atom stereocenters. The predicted molar refractivity (Wildman–Crippen MR) is 74.8 cm³/mol. The first kappa shape index (κ1) is 10.8. The van der Waals surface area contributed by atoms with E-state index >= 15 is 0 Å². The van der Waals surface area contributed by atoms with Crippen LogP contribution in [0.15, 0.2) is 47.9 Å². The van der Waals surface area contributed by atoms with Crippen LogP contribution in [0.1, 0.15) is 33.9 Å². The molecule has 0 saturated carbocycles. The molecule has 0 nitrogen and oxygen atoms in total. The van der Waals surface area contributed by atoms with Crippen LogP contribution in [0.5, 0.6) is 0 Å². The van der Waals surface area contributed by atoms with Crippen molar-refractivity contribution in [2.24, 2.45) is 0 Å². The molecule has 2 aromatic rings. The third kappa shape index (κ3) is 1.85. The van der Waals surface area contributed by atoms with Crippen molar-refractivity contribution < 1.29 is 0 Å². The second-order valence-electron chi connectivity index (χ2n) is 4.84. The maximum atomic E-state index is 4.20. The quantitative estimate of drug-likeness (QED) is 0.634. The van der Waals surface area contributed by atoms with E-state index in [0.717, 1.165) is 12.8 Å². The molecule has 1 aliphatic rings. The molecule has 0 amide bonds. The van der Waals surface area contributed by atoms with Gasteiger partial charge in [-0.05, 0) is 41.5 Å². The summed E-state index contributed by atoms with van der Waals surface area (Å²) in [6.45, 7) is 6.41. The van der Waals surface area contributed by atoms with Gasteiger partial charge in [0.15, 0.2) is 0 Å². The summed E-state index contributed by atoms with van der Waals surface area (Å²) >= 11 is 1.87. The first-order chi connectivity index (χ1) is 8.25. The topological polar surface area (TPSA) is 0 Å². The SMILES string of the molecule is C=C1Cc2sccc2C(c2ccccc2C)C1. The molecule has 17 heavy (non-hydrogen) atoms. The molecular formula is C16H16S. The Hall–Kier alpha value is -1.34. The van der Waals surface area contributed by atoms with E-state index < -0.39 is 0 Å². The highest BCUT2D eigenvalue weighted by Crippen LogP contribution is 2.41. The first-order valence-corrected chi connectivity index (χ1v) is 6.92. The van der Waals surface area contributed by atoms with E-state index in [2.05, 4.69) is 49.2 Å². The van der Waals surface area contributed by atoms with Crippen LogP contribution in [-0.2, 0) is 6.42 Å². The summed E-state index contributed by atoms with van der Waals surface area (Å²) in [6, 6.07) is 11.0. The Kier molecular flexibility index (Phi) is 2.64.